The Morgan fingerprint density at radius 3 is 1.36 bits per heavy atom. The third kappa shape index (κ3) is 23.2. The van der Waals surface area contributed by atoms with Gasteiger partial charge in [-0.3, -0.25) is 48.2 Å². The molecule has 698 valence electrons. The van der Waals surface area contributed by atoms with Crippen molar-refractivity contribution in [2.24, 2.45) is 11.5 Å². The fourth-order valence-corrected chi connectivity index (χ4v) is 16.7. The summed E-state index contributed by atoms with van der Waals surface area (Å²) in [6.07, 6.45) is 8.46. The van der Waals surface area contributed by atoms with E-state index in [1.54, 1.807) is 132 Å². The van der Waals surface area contributed by atoms with Gasteiger partial charge in [-0.05, 0) is 192 Å². The molecular weight excluding hydrogens is 1790 g/mol. The van der Waals surface area contributed by atoms with E-state index in [9.17, 15) is 64.7 Å². The number of nitrogens with two attached hydrogens (primary N) is 2. The lowest BCUT2D eigenvalue weighted by Crippen LogP contribution is -2.43. The molecule has 6 aliphatic heterocycles. The summed E-state index contributed by atoms with van der Waals surface area (Å²) in [6.45, 7) is 10.3. The molecule has 0 unspecified atom stereocenters. The molecule has 0 aliphatic carbocycles. The smallest absolute Gasteiger partial charge is 0.414 e. The largest absolute Gasteiger partial charge is 0.444 e. The lowest BCUT2D eigenvalue weighted by atomic mass is 10.0. The zero-order chi connectivity index (χ0) is 94.9. The number of primary amides is 1. The number of ether oxygens (including phenoxy) is 5. The highest BCUT2D eigenvalue weighted by Gasteiger charge is 2.39. The topological polar surface area (TPSA) is 345 Å². The Balaban J connectivity index is 0.000000129. The number of carbonyl (C=O) groups excluding carboxylic acids is 7. The molecule has 13 aromatic rings. The van der Waals surface area contributed by atoms with Crippen LogP contribution >= 0.6 is 23.1 Å². The molecule has 7 amide bonds. The summed E-state index contributed by atoms with van der Waals surface area (Å²) in [5, 5.41) is 16.1. The number of rotatable bonds is 24. The number of pyridine rings is 1. The van der Waals surface area contributed by atoms with Crippen molar-refractivity contribution < 1.29 is 88.1 Å². The van der Waals surface area contributed by atoms with Crippen molar-refractivity contribution in [2.45, 2.75) is 88.3 Å². The van der Waals surface area contributed by atoms with Crippen molar-refractivity contribution in [3.63, 3.8) is 0 Å². The molecule has 0 spiro atoms. The van der Waals surface area contributed by atoms with Gasteiger partial charge in [-0.25, -0.2) is 55.3 Å². The van der Waals surface area contributed by atoms with Gasteiger partial charge in [-0.15, -0.1) is 23.1 Å². The molecule has 6 fully saturated rings. The second kappa shape index (κ2) is 43.6. The molecule has 19 rings (SSSR count). The lowest BCUT2D eigenvalue weighted by Gasteiger charge is -2.28. The summed E-state index contributed by atoms with van der Waals surface area (Å²) in [6, 6.07) is 53.7. The van der Waals surface area contributed by atoms with Crippen molar-refractivity contribution in [2.75, 3.05) is 101 Å². The Morgan fingerprint density at radius 2 is 0.941 bits per heavy atom. The molecule has 38 heteroatoms. The zero-order valence-corrected chi connectivity index (χ0v) is 74.7. The number of aromatic nitrogens is 6. The summed E-state index contributed by atoms with van der Waals surface area (Å²) in [4.78, 5) is 110. The third-order valence-electron chi connectivity index (χ3n) is 22.6. The first-order valence-corrected chi connectivity index (χ1v) is 45.2. The summed E-state index contributed by atoms with van der Waals surface area (Å²) < 4.78 is 123. The normalized spacial score (nSPS) is 17.2. The van der Waals surface area contributed by atoms with Gasteiger partial charge >= 0.3 is 30.5 Å². The number of carbonyl (C=O) groups is 7. The van der Waals surface area contributed by atoms with Crippen molar-refractivity contribution in [3.05, 3.63) is 299 Å². The van der Waals surface area contributed by atoms with Crippen LogP contribution in [0.15, 0.2) is 257 Å². The van der Waals surface area contributed by atoms with Crippen molar-refractivity contribution >= 4 is 99.6 Å². The van der Waals surface area contributed by atoms with Gasteiger partial charge in [0.2, 0.25) is 11.8 Å². The van der Waals surface area contributed by atoms with Crippen LogP contribution in [-0.4, -0.2) is 174 Å². The molecule has 6 N–H and O–H groups in total. The maximum atomic E-state index is 14.9. The van der Waals surface area contributed by atoms with E-state index in [1.807, 2.05) is 79.4 Å². The highest BCUT2D eigenvalue weighted by atomic mass is 32.2. The van der Waals surface area contributed by atoms with Crippen LogP contribution in [0.1, 0.15) is 42.6 Å². The van der Waals surface area contributed by atoms with Gasteiger partial charge in [0.1, 0.15) is 77.5 Å². The molecule has 11 heterocycles. The Hall–Kier alpha value is -15.0. The number of anilines is 6. The van der Waals surface area contributed by atoms with E-state index < -0.39 is 83.8 Å². The number of hydrogen-bond acceptors (Lipinski definition) is 22. The van der Waals surface area contributed by atoms with Gasteiger partial charge in [0.05, 0.1) is 87.3 Å². The van der Waals surface area contributed by atoms with Crippen LogP contribution in [0.3, 0.4) is 0 Å². The number of thioether (sulfide) groups is 1. The predicted molar refractivity (Wildman–Crippen MR) is 497 cm³/mol. The molecule has 6 aliphatic rings. The van der Waals surface area contributed by atoms with Crippen LogP contribution in [0.5, 0.6) is 0 Å². The third-order valence-corrected chi connectivity index (χ3v) is 24.3. The molecule has 8 aromatic carbocycles. The van der Waals surface area contributed by atoms with E-state index >= 15 is 0 Å². The molecule has 0 bridgehead atoms. The second-order valence-electron chi connectivity index (χ2n) is 31.5. The van der Waals surface area contributed by atoms with E-state index in [1.165, 1.54) is 109 Å². The summed E-state index contributed by atoms with van der Waals surface area (Å²) in [5.74, 6) is -2.63. The minimum absolute atomic E-state index is 0.108. The average molecular weight is 1880 g/mol. The van der Waals surface area contributed by atoms with E-state index in [0.717, 1.165) is 58.5 Å². The predicted octanol–water partition coefficient (Wildman–Crippen LogP) is 16.6. The van der Waals surface area contributed by atoms with E-state index in [-0.39, 0.29) is 79.9 Å². The molecule has 5 aromatic heterocycles. The summed E-state index contributed by atoms with van der Waals surface area (Å²) in [5.41, 5.74) is 17.7. The highest BCUT2D eigenvalue weighted by Crippen LogP contribution is 2.38. The van der Waals surface area contributed by atoms with Crippen LogP contribution < -0.4 is 57.1 Å². The first-order chi connectivity index (χ1) is 65.3. The van der Waals surface area contributed by atoms with Gasteiger partial charge in [-0.2, -0.15) is 14.9 Å². The standard InChI is InChI=1S/C22H23FN6O2.C20H18F2N4O2.C20H20FN3O4.C20H17FN2O4S.C15H14FNO2S/c23-20-12-17(29-15-18(31-22(29)30)14-28-9-1-6-26-28)3-4-19(20)16-2-5-21(25-13-16)27-10-7-24-8-11-27;21-18-5-2-13(10-23)8-17(18)16-4-3-14(9-19(16)22)26-12-15(28-20(26)27)11-25-7-1-6-24-25;1-2-18(25)23-10-15-11-24(20(27)28-15)14-7-8-16(17(21)9-14)12-3-5-13(6-4-12)19(22)26;1-28-16-5-2-13(3-6-16)17-7-4-14(10-18(17)21)22-11-15(27-20(22)25)12-23-19(24)8-9-26-23;1-2-11-9-17(15(18)19-11)10-5-6-12(13(16)8-10)14-4-3-7-20-14/h1-6,9,12-13,18,24H,7-8,10-11,14-15H2;1-9,15H,10-12,23H2;3-9,15H,2,10-11H2,1H3,(H2,22,26)(H,23,25);2-10,15H,11-12H2,1H3;3-8,11H,2,9H2,1H3/t18-;3*15-;11-/m00010/s1. The summed E-state index contributed by atoms with van der Waals surface area (Å²) >= 11 is 3.11. The second-order valence-corrected chi connectivity index (χ2v) is 33.4. The number of amides is 7. The van der Waals surface area contributed by atoms with Crippen molar-refractivity contribution in [3.8, 4) is 54.9 Å². The number of hydrogen-bond donors (Lipinski definition) is 4. The van der Waals surface area contributed by atoms with Gasteiger partial charge < -0.3 is 55.2 Å². The van der Waals surface area contributed by atoms with Crippen LogP contribution in [0.4, 0.5) is 84.6 Å². The number of cyclic esters (lactones) is 5. The Bertz CT molecular complexity index is 6440. The molecular formula is C97H92F6N16O14S2. The van der Waals surface area contributed by atoms with E-state index in [0.29, 0.717) is 106 Å². The molecule has 6 saturated heterocycles. The number of thiophene rings is 1. The number of halogens is 6. The fourth-order valence-electron chi connectivity index (χ4n) is 15.5. The van der Waals surface area contributed by atoms with Gasteiger partial charge in [-0.1, -0.05) is 50.2 Å². The van der Waals surface area contributed by atoms with Crippen LogP contribution in [0.2, 0.25) is 0 Å². The molecule has 5 atom stereocenters. The quantitative estimate of drug-likeness (QED) is 0.0248. The minimum Gasteiger partial charge on any atom is -0.444 e. The monoisotopic (exact) mass is 1880 g/mol. The van der Waals surface area contributed by atoms with E-state index in [4.69, 9.17) is 39.7 Å². The Morgan fingerprint density at radius 1 is 0.489 bits per heavy atom. The highest BCUT2D eigenvalue weighted by molar-refractivity contribution is 7.98. The first-order valence-electron chi connectivity index (χ1n) is 43.1. The Kier molecular flexibility index (Phi) is 30.5. The molecule has 135 heavy (non-hydrogen) atoms. The number of nitrogens with one attached hydrogen (secondary N) is 2. The van der Waals surface area contributed by atoms with Crippen LogP contribution in [0, 0.1) is 34.9 Å². The molecule has 0 radical (unpaired) electrons. The maximum Gasteiger partial charge on any atom is 0.414 e. The van der Waals surface area contributed by atoms with Crippen molar-refractivity contribution in [1.29, 1.82) is 0 Å². The lowest BCUT2D eigenvalue weighted by molar-refractivity contribution is -0.121. The first kappa shape index (κ1) is 94.6. The summed E-state index contributed by atoms with van der Waals surface area (Å²) in [7, 11) is 0. The number of nitrogens with zero attached hydrogens (tertiary/aromatic N) is 12. The van der Waals surface area contributed by atoms with E-state index in [2.05, 4.69) is 30.7 Å². The van der Waals surface area contributed by atoms with Crippen molar-refractivity contribution in [1.82, 2.24) is 39.9 Å². The van der Waals surface area contributed by atoms with Crippen LogP contribution in [-0.2, 0) is 54.7 Å². The SMILES string of the molecule is CCC(=O)NC[C@H]1CN(c2ccc(-c3ccc(C(N)=O)cc3)c(F)c2)C(=O)O1.CC[C@H]1CN(c2ccc(-c3cccs3)c(F)c2)C(=O)O1.CSc1ccc(-c2ccc(N3C[C@H](Cn4occc4=O)OC3=O)cc2F)cc1.NCc1ccc(F)c(-c2ccc(N3C[C@H](Cn4cccn4)OC3=O)cc2F)c1.O=C1O[C@@H](Cn2cccn2)CN1c1ccc(-c2ccc(N3CCNCC3)nc2)c(F)c1. The molecule has 30 nitrogen and oxygen atoms in total. The Labute approximate surface area is 778 Å². The maximum absolute atomic E-state index is 14.9. The van der Waals surface area contributed by atoms with Crippen LogP contribution in [0.25, 0.3) is 54.9 Å². The number of piperazine rings is 1. The average Bonchev–Trinajstić information content (AvgIpc) is 1.10. The zero-order valence-electron chi connectivity index (χ0n) is 73.1. The van der Waals surface area contributed by atoms with Gasteiger partial charge in [0, 0.05) is 130 Å². The molecule has 0 saturated carbocycles. The number of benzene rings is 8. The minimum atomic E-state index is -0.631. The van der Waals surface area contributed by atoms with Gasteiger partial charge in [0.25, 0.3) is 5.56 Å². The fraction of sp³-hybridized carbons (Fsp3) is 0.247. The van der Waals surface area contributed by atoms with Gasteiger partial charge in [0.15, 0.2) is 0 Å².